The van der Waals surface area contributed by atoms with Crippen molar-refractivity contribution in [1.82, 2.24) is 14.8 Å². The molecule has 0 N–H and O–H groups in total. The van der Waals surface area contributed by atoms with E-state index in [0.29, 0.717) is 25.3 Å². The number of halogens is 3. The smallest absolute Gasteiger partial charge is 0.410 e. The van der Waals surface area contributed by atoms with Crippen LogP contribution in [0.3, 0.4) is 0 Å². The van der Waals surface area contributed by atoms with Crippen LogP contribution >= 0.6 is 11.3 Å². The van der Waals surface area contributed by atoms with Crippen molar-refractivity contribution in [3.8, 4) is 5.75 Å². The van der Waals surface area contributed by atoms with Gasteiger partial charge in [0.15, 0.2) is 0 Å². The predicted octanol–water partition coefficient (Wildman–Crippen LogP) is 5.42. The van der Waals surface area contributed by atoms with Crippen molar-refractivity contribution in [2.45, 2.75) is 25.9 Å². The molecule has 0 radical (unpaired) electrons. The van der Waals surface area contributed by atoms with Crippen LogP contribution in [0.5, 0.6) is 5.75 Å². The van der Waals surface area contributed by atoms with Gasteiger partial charge in [-0.05, 0) is 48.7 Å². The number of hydrogen-bond donors (Lipinski definition) is 0. The first-order valence-corrected chi connectivity index (χ1v) is 12.0. The molecule has 0 unspecified atom stereocenters. The Morgan fingerprint density at radius 3 is 2.18 bits per heavy atom. The zero-order chi connectivity index (χ0) is 24.1. The summed E-state index contributed by atoms with van der Waals surface area (Å²) >= 11 is 1.66. The van der Waals surface area contributed by atoms with E-state index in [9.17, 15) is 18.0 Å². The molecule has 1 aliphatic heterocycles. The summed E-state index contributed by atoms with van der Waals surface area (Å²) < 4.78 is 43.6. The fourth-order valence-corrected chi connectivity index (χ4v) is 4.48. The molecule has 1 saturated heterocycles. The van der Waals surface area contributed by atoms with Gasteiger partial charge in [-0.2, -0.15) is 13.2 Å². The third-order valence-electron chi connectivity index (χ3n) is 5.80. The highest BCUT2D eigenvalue weighted by atomic mass is 32.1. The number of carbonyl (C=O) groups is 1. The Labute approximate surface area is 200 Å². The van der Waals surface area contributed by atoms with Gasteiger partial charge < -0.3 is 9.64 Å². The maximum Gasteiger partial charge on any atom is 0.416 e. The van der Waals surface area contributed by atoms with E-state index in [2.05, 4.69) is 15.3 Å². The molecule has 1 fully saturated rings. The normalized spacial score (nSPS) is 14.9. The second-order valence-corrected chi connectivity index (χ2v) is 9.38. The van der Waals surface area contributed by atoms with E-state index in [-0.39, 0.29) is 6.09 Å². The number of benzene rings is 2. The van der Waals surface area contributed by atoms with Gasteiger partial charge in [0.1, 0.15) is 5.75 Å². The monoisotopic (exact) mass is 489 g/mol. The second-order valence-electron chi connectivity index (χ2n) is 8.32. The minimum atomic E-state index is -4.34. The predicted molar refractivity (Wildman–Crippen MR) is 125 cm³/mol. The first-order valence-electron chi connectivity index (χ1n) is 11.1. The molecule has 0 saturated carbocycles. The molecule has 0 bridgehead atoms. The zero-order valence-electron chi connectivity index (χ0n) is 18.8. The number of nitrogens with zero attached hydrogens (tertiary/aromatic N) is 3. The highest BCUT2D eigenvalue weighted by Gasteiger charge is 2.30. The van der Waals surface area contributed by atoms with Crippen LogP contribution in [0.4, 0.5) is 18.0 Å². The van der Waals surface area contributed by atoms with Crippen molar-refractivity contribution in [2.24, 2.45) is 0 Å². The highest BCUT2D eigenvalue weighted by molar-refractivity contribution is 7.09. The molecule has 1 aromatic heterocycles. The summed E-state index contributed by atoms with van der Waals surface area (Å²) in [6, 6.07) is 12.2. The Hall–Kier alpha value is -2.91. The summed E-state index contributed by atoms with van der Waals surface area (Å²) in [6.45, 7) is 5.74. The van der Waals surface area contributed by atoms with Crippen LogP contribution in [0.2, 0.25) is 0 Å². The van der Waals surface area contributed by atoms with Gasteiger partial charge in [0.05, 0.1) is 16.3 Å². The van der Waals surface area contributed by atoms with Crippen molar-refractivity contribution in [3.05, 3.63) is 81.3 Å². The topological polar surface area (TPSA) is 45.7 Å². The Balaban J connectivity index is 1.22. The number of alkyl halides is 3. The average molecular weight is 490 g/mol. The molecule has 0 atom stereocenters. The fraction of sp³-hybridized carbons (Fsp3) is 0.360. The van der Waals surface area contributed by atoms with Gasteiger partial charge in [-0.25, -0.2) is 9.78 Å². The molecule has 1 aliphatic rings. The van der Waals surface area contributed by atoms with Crippen molar-refractivity contribution in [1.29, 1.82) is 0 Å². The van der Waals surface area contributed by atoms with Crippen LogP contribution in [-0.4, -0.2) is 53.6 Å². The van der Waals surface area contributed by atoms with E-state index in [0.717, 1.165) is 60.0 Å². The SMILES string of the molecule is Cc1nc(CCN2CCN(C(=O)Oc3ccc(Cc4ccc(C(F)(F)F)cc4)cc3)CC2)cs1. The second kappa shape index (κ2) is 10.6. The minimum Gasteiger partial charge on any atom is -0.410 e. The van der Waals surface area contributed by atoms with Crippen molar-refractivity contribution < 1.29 is 22.7 Å². The molecule has 2 aromatic carbocycles. The van der Waals surface area contributed by atoms with Crippen molar-refractivity contribution in [2.75, 3.05) is 32.7 Å². The van der Waals surface area contributed by atoms with Crippen LogP contribution in [0.25, 0.3) is 0 Å². The molecule has 0 aliphatic carbocycles. The van der Waals surface area contributed by atoms with E-state index in [1.165, 1.54) is 12.1 Å². The molecular formula is C25H26F3N3O2S. The number of aromatic nitrogens is 1. The lowest BCUT2D eigenvalue weighted by atomic mass is 10.0. The van der Waals surface area contributed by atoms with Gasteiger partial charge in [0, 0.05) is 44.5 Å². The molecule has 3 aromatic rings. The molecule has 5 nitrogen and oxygen atoms in total. The summed E-state index contributed by atoms with van der Waals surface area (Å²) in [6.07, 6.45) is -3.30. The maximum atomic E-state index is 12.7. The quantitative estimate of drug-likeness (QED) is 0.464. The number of amides is 1. The third-order valence-corrected chi connectivity index (χ3v) is 6.62. The van der Waals surface area contributed by atoms with Gasteiger partial charge in [0.2, 0.25) is 0 Å². The molecule has 2 heterocycles. The summed E-state index contributed by atoms with van der Waals surface area (Å²) in [5.74, 6) is 0.447. The van der Waals surface area contributed by atoms with Crippen LogP contribution in [0, 0.1) is 6.92 Å². The Morgan fingerprint density at radius 1 is 1.00 bits per heavy atom. The summed E-state index contributed by atoms with van der Waals surface area (Å²) in [7, 11) is 0. The molecule has 34 heavy (non-hydrogen) atoms. The van der Waals surface area contributed by atoms with E-state index >= 15 is 0 Å². The van der Waals surface area contributed by atoms with E-state index in [4.69, 9.17) is 4.74 Å². The first-order chi connectivity index (χ1) is 16.3. The molecule has 4 rings (SSSR count). The number of rotatable bonds is 6. The van der Waals surface area contributed by atoms with Crippen LogP contribution in [0.15, 0.2) is 53.9 Å². The standard InChI is InChI=1S/C25H26F3N3O2S/c1-18-29-22(17-34-18)10-11-30-12-14-31(15-13-30)24(32)33-23-8-4-20(5-9-23)16-19-2-6-21(7-3-19)25(26,27)28/h2-9,17H,10-16H2,1H3. The van der Waals surface area contributed by atoms with Gasteiger partial charge in [-0.15, -0.1) is 11.3 Å². The first kappa shape index (κ1) is 24.2. The summed E-state index contributed by atoms with van der Waals surface area (Å²) in [5, 5.41) is 3.17. The van der Waals surface area contributed by atoms with Crippen LogP contribution in [0.1, 0.15) is 27.4 Å². The summed E-state index contributed by atoms with van der Waals surface area (Å²) in [5.41, 5.74) is 2.16. The molecule has 1 amide bonds. The highest BCUT2D eigenvalue weighted by Crippen LogP contribution is 2.29. The average Bonchev–Trinajstić information content (AvgIpc) is 3.24. The van der Waals surface area contributed by atoms with Crippen LogP contribution in [-0.2, 0) is 19.0 Å². The van der Waals surface area contributed by atoms with Gasteiger partial charge in [-0.3, -0.25) is 4.90 Å². The number of piperazine rings is 1. The Morgan fingerprint density at radius 2 is 1.62 bits per heavy atom. The van der Waals surface area contributed by atoms with E-state index < -0.39 is 11.7 Å². The van der Waals surface area contributed by atoms with Crippen LogP contribution < -0.4 is 4.74 Å². The number of ether oxygens (including phenoxy) is 1. The molecular weight excluding hydrogens is 463 g/mol. The number of aryl methyl sites for hydroxylation is 1. The largest absolute Gasteiger partial charge is 0.416 e. The number of hydrogen-bond acceptors (Lipinski definition) is 5. The zero-order valence-corrected chi connectivity index (χ0v) is 19.7. The Kier molecular flexibility index (Phi) is 7.53. The van der Waals surface area contributed by atoms with Gasteiger partial charge >= 0.3 is 12.3 Å². The lowest BCUT2D eigenvalue weighted by Gasteiger charge is -2.33. The van der Waals surface area contributed by atoms with Gasteiger partial charge in [0.25, 0.3) is 0 Å². The minimum absolute atomic E-state index is 0.370. The third kappa shape index (κ3) is 6.57. The fourth-order valence-electron chi connectivity index (χ4n) is 3.84. The van der Waals surface area contributed by atoms with Crippen molar-refractivity contribution >= 4 is 17.4 Å². The molecule has 9 heteroatoms. The number of carbonyl (C=O) groups excluding carboxylic acids is 1. The Bertz CT molecular complexity index is 1090. The molecule has 0 spiro atoms. The lowest BCUT2D eigenvalue weighted by Crippen LogP contribution is -2.49. The van der Waals surface area contributed by atoms with E-state index in [1.807, 2.05) is 19.1 Å². The van der Waals surface area contributed by atoms with E-state index in [1.54, 1.807) is 28.4 Å². The lowest BCUT2D eigenvalue weighted by molar-refractivity contribution is -0.137. The summed E-state index contributed by atoms with van der Waals surface area (Å²) in [4.78, 5) is 21.1. The van der Waals surface area contributed by atoms with Crippen molar-refractivity contribution in [3.63, 3.8) is 0 Å². The molecule has 180 valence electrons. The number of thiazole rings is 1. The maximum absolute atomic E-state index is 12.7. The van der Waals surface area contributed by atoms with Gasteiger partial charge in [-0.1, -0.05) is 24.3 Å².